The van der Waals surface area contributed by atoms with Crippen molar-refractivity contribution in [3.05, 3.63) is 104 Å². The molecule has 0 aliphatic heterocycles. The smallest absolute Gasteiger partial charge is 0.175 e. The monoisotopic (exact) mass is 547 g/mol. The van der Waals surface area contributed by atoms with Gasteiger partial charge in [0.25, 0.3) is 0 Å². The highest BCUT2D eigenvalue weighted by molar-refractivity contribution is 9.10. The molecule has 0 spiro atoms. The molecule has 0 unspecified atom stereocenters. The van der Waals surface area contributed by atoms with E-state index >= 15 is 0 Å². The maximum Gasteiger partial charge on any atom is 0.175 e. The number of ether oxygens (including phenoxy) is 2. The highest BCUT2D eigenvalue weighted by Gasteiger charge is 2.13. The molecule has 4 aromatic rings. The summed E-state index contributed by atoms with van der Waals surface area (Å²) in [6, 6.07) is 28.2. The number of nitriles is 1. The number of methoxy groups -OCH3 is 1. The van der Waals surface area contributed by atoms with Crippen LogP contribution in [0.3, 0.4) is 0 Å². The van der Waals surface area contributed by atoms with E-state index in [0.717, 1.165) is 31.0 Å². The second kappa shape index (κ2) is 10.0. The summed E-state index contributed by atoms with van der Waals surface area (Å²) in [5, 5.41) is 12.0. The van der Waals surface area contributed by atoms with E-state index in [2.05, 4.69) is 62.2 Å². The number of hydrogen-bond donors (Lipinski definition) is 0. The van der Waals surface area contributed by atoms with E-state index in [1.807, 2.05) is 60.7 Å². The molecule has 4 aromatic carbocycles. The number of nitrogens with zero attached hydrogens (tertiary/aromatic N) is 1. The first-order valence-corrected chi connectivity index (χ1v) is 11.5. The van der Waals surface area contributed by atoms with Crippen LogP contribution in [0.5, 0.6) is 11.5 Å². The topological polar surface area (TPSA) is 42.2 Å². The van der Waals surface area contributed by atoms with Crippen molar-refractivity contribution < 1.29 is 9.47 Å². The van der Waals surface area contributed by atoms with Crippen molar-refractivity contribution in [2.75, 3.05) is 7.11 Å². The fraction of sp³-hybridized carbons (Fsp3) is 0.0741. The van der Waals surface area contributed by atoms with Gasteiger partial charge in [-0.1, -0.05) is 70.5 Å². The summed E-state index contributed by atoms with van der Waals surface area (Å²) in [5.41, 5.74) is 3.35. The van der Waals surface area contributed by atoms with Crippen LogP contribution in [0.1, 0.15) is 16.7 Å². The molecule has 0 N–H and O–H groups in total. The third-order valence-electron chi connectivity index (χ3n) is 5.09. The fourth-order valence-corrected chi connectivity index (χ4v) is 4.35. The lowest BCUT2D eigenvalue weighted by Gasteiger charge is -2.15. The zero-order chi connectivity index (χ0) is 22.5. The van der Waals surface area contributed by atoms with Crippen LogP contribution >= 0.6 is 31.9 Å². The van der Waals surface area contributed by atoms with Crippen LogP contribution in [-0.4, -0.2) is 7.11 Å². The van der Waals surface area contributed by atoms with Gasteiger partial charge >= 0.3 is 0 Å². The maximum atomic E-state index is 9.66. The average Bonchev–Trinajstić information content (AvgIpc) is 2.82. The molecule has 0 atom stereocenters. The van der Waals surface area contributed by atoms with Crippen molar-refractivity contribution in [2.45, 2.75) is 6.61 Å². The summed E-state index contributed by atoms with van der Waals surface area (Å²) in [6.45, 7) is 0.411. The minimum Gasteiger partial charge on any atom is -0.493 e. The van der Waals surface area contributed by atoms with Crippen molar-refractivity contribution in [1.82, 2.24) is 0 Å². The highest BCUT2D eigenvalue weighted by Crippen LogP contribution is 2.38. The lowest BCUT2D eigenvalue weighted by atomic mass is 10.0. The first-order chi connectivity index (χ1) is 15.6. The Balaban J connectivity index is 1.63. The van der Waals surface area contributed by atoms with Gasteiger partial charge in [0, 0.05) is 4.47 Å². The molecule has 0 aromatic heterocycles. The van der Waals surface area contributed by atoms with E-state index in [4.69, 9.17) is 9.47 Å². The number of allylic oxidation sites excluding steroid dienone is 1. The van der Waals surface area contributed by atoms with Gasteiger partial charge in [0.2, 0.25) is 0 Å². The number of rotatable bonds is 6. The molecule has 4 rings (SSSR count). The zero-order valence-corrected chi connectivity index (χ0v) is 20.5. The first-order valence-electron chi connectivity index (χ1n) is 9.94. The molecule has 5 heteroatoms. The van der Waals surface area contributed by atoms with Gasteiger partial charge in [-0.3, -0.25) is 0 Å². The Hall–Kier alpha value is -3.07. The SMILES string of the molecule is COc1cc(/C=C(/C#N)c2ccc(Br)cc2)cc(Br)c1OCc1cccc2ccccc12. The molecular weight excluding hydrogens is 530 g/mol. The number of halogens is 2. The van der Waals surface area contributed by atoms with Gasteiger partial charge in [0.1, 0.15) is 6.61 Å². The van der Waals surface area contributed by atoms with Crippen LogP contribution in [0.25, 0.3) is 22.4 Å². The van der Waals surface area contributed by atoms with Crippen molar-refractivity contribution >= 4 is 54.3 Å². The lowest BCUT2D eigenvalue weighted by Crippen LogP contribution is -2.00. The van der Waals surface area contributed by atoms with Gasteiger partial charge in [-0.05, 0) is 73.7 Å². The summed E-state index contributed by atoms with van der Waals surface area (Å²) < 4.78 is 13.5. The van der Waals surface area contributed by atoms with Gasteiger partial charge in [-0.25, -0.2) is 0 Å². The van der Waals surface area contributed by atoms with Crippen molar-refractivity contribution in [1.29, 1.82) is 5.26 Å². The number of fused-ring (bicyclic) bond motifs is 1. The van der Waals surface area contributed by atoms with Crippen LogP contribution in [0.15, 0.2) is 87.8 Å². The molecule has 0 fully saturated rings. The van der Waals surface area contributed by atoms with Gasteiger partial charge < -0.3 is 9.47 Å². The molecule has 3 nitrogen and oxygen atoms in total. The summed E-state index contributed by atoms with van der Waals surface area (Å²) >= 11 is 7.04. The normalized spacial score (nSPS) is 11.2. The minimum absolute atomic E-state index is 0.411. The van der Waals surface area contributed by atoms with E-state index < -0.39 is 0 Å². The van der Waals surface area contributed by atoms with Gasteiger partial charge in [0.15, 0.2) is 11.5 Å². The molecule has 158 valence electrons. The standard InChI is InChI=1S/C27H19Br2NO2/c1-31-26-15-18(13-22(16-30)19-9-11-23(28)12-10-19)14-25(29)27(26)32-17-21-7-4-6-20-5-2-3-8-24(20)21/h2-15H,17H2,1H3/b22-13-. The second-order valence-corrected chi connectivity index (χ2v) is 8.91. The van der Waals surface area contributed by atoms with E-state index in [9.17, 15) is 5.26 Å². The maximum absolute atomic E-state index is 9.66. The largest absolute Gasteiger partial charge is 0.493 e. The Kier molecular flexibility index (Phi) is 6.94. The van der Waals surface area contributed by atoms with E-state index in [1.165, 1.54) is 5.39 Å². The fourth-order valence-electron chi connectivity index (χ4n) is 3.51. The van der Waals surface area contributed by atoms with Gasteiger partial charge in [0.05, 0.1) is 23.2 Å². The van der Waals surface area contributed by atoms with Crippen LogP contribution in [-0.2, 0) is 6.61 Å². The number of hydrogen-bond acceptors (Lipinski definition) is 3. The average molecular weight is 549 g/mol. The highest BCUT2D eigenvalue weighted by atomic mass is 79.9. The zero-order valence-electron chi connectivity index (χ0n) is 17.3. The molecule has 0 heterocycles. The van der Waals surface area contributed by atoms with Crippen LogP contribution < -0.4 is 9.47 Å². The quantitative estimate of drug-likeness (QED) is 0.181. The van der Waals surface area contributed by atoms with Crippen LogP contribution in [0.2, 0.25) is 0 Å². The van der Waals surface area contributed by atoms with Gasteiger partial charge in [-0.15, -0.1) is 0 Å². The molecule has 0 bridgehead atoms. The van der Waals surface area contributed by atoms with Crippen molar-refractivity contribution in [3.8, 4) is 17.6 Å². The van der Waals surface area contributed by atoms with Crippen molar-refractivity contribution in [2.24, 2.45) is 0 Å². The molecule has 0 aliphatic rings. The Morgan fingerprint density at radius 2 is 1.72 bits per heavy atom. The summed E-state index contributed by atoms with van der Waals surface area (Å²) in [7, 11) is 1.61. The lowest BCUT2D eigenvalue weighted by molar-refractivity contribution is 0.283. The molecule has 0 aliphatic carbocycles. The van der Waals surface area contributed by atoms with E-state index in [1.54, 1.807) is 7.11 Å². The van der Waals surface area contributed by atoms with Crippen LogP contribution in [0.4, 0.5) is 0 Å². The first kappa shape index (κ1) is 22.1. The molecule has 32 heavy (non-hydrogen) atoms. The summed E-state index contributed by atoms with van der Waals surface area (Å²) in [4.78, 5) is 0. The molecule has 0 radical (unpaired) electrons. The third-order valence-corrected chi connectivity index (χ3v) is 6.21. The number of benzene rings is 4. The molecule has 0 amide bonds. The Morgan fingerprint density at radius 3 is 2.47 bits per heavy atom. The summed E-state index contributed by atoms with van der Waals surface area (Å²) in [5.74, 6) is 1.22. The minimum atomic E-state index is 0.411. The predicted octanol–water partition coefficient (Wildman–Crippen LogP) is 8.02. The Morgan fingerprint density at radius 1 is 0.969 bits per heavy atom. The Labute approximate surface area is 204 Å². The molecule has 0 saturated heterocycles. The van der Waals surface area contributed by atoms with Gasteiger partial charge in [-0.2, -0.15) is 5.26 Å². The van der Waals surface area contributed by atoms with E-state index in [0.29, 0.717) is 23.7 Å². The molecular formula is C27H19Br2NO2. The molecule has 0 saturated carbocycles. The van der Waals surface area contributed by atoms with Crippen LogP contribution in [0, 0.1) is 11.3 Å². The third kappa shape index (κ3) is 4.88. The van der Waals surface area contributed by atoms with E-state index in [-0.39, 0.29) is 0 Å². The van der Waals surface area contributed by atoms with Crippen molar-refractivity contribution in [3.63, 3.8) is 0 Å². The Bertz CT molecular complexity index is 1330. The second-order valence-electron chi connectivity index (χ2n) is 7.14. The summed E-state index contributed by atoms with van der Waals surface area (Å²) in [6.07, 6.45) is 1.84. The predicted molar refractivity (Wildman–Crippen MR) is 137 cm³/mol.